The first-order chi connectivity index (χ1) is 9.15. The highest BCUT2D eigenvalue weighted by molar-refractivity contribution is 5.76. The van der Waals surface area contributed by atoms with Gasteiger partial charge in [-0.1, -0.05) is 6.92 Å². The van der Waals surface area contributed by atoms with Crippen molar-refractivity contribution in [3.8, 4) is 0 Å². The number of aromatic nitrogens is 2. The molecular formula is C14H23N3O2. The number of nitrogens with one attached hydrogen (secondary N) is 1. The van der Waals surface area contributed by atoms with E-state index in [9.17, 15) is 4.79 Å². The number of carbonyl (C=O) groups excluding carboxylic acids is 1. The Labute approximate surface area is 114 Å². The molecule has 0 bridgehead atoms. The third-order valence-electron chi connectivity index (χ3n) is 3.90. The van der Waals surface area contributed by atoms with Gasteiger partial charge in [-0.05, 0) is 32.9 Å². The number of hydrogen-bond acceptors (Lipinski definition) is 4. The standard InChI is InChI=1S/C14H23N3O2/c1-4-11(14(18)19-3)13-15-8-12(16-13)10-6-5-7-17(2)9-10/h8,10-11H,4-7,9H2,1-3H3,(H,15,16). The first kappa shape index (κ1) is 14.1. The van der Waals surface area contributed by atoms with Crippen LogP contribution in [-0.2, 0) is 9.53 Å². The van der Waals surface area contributed by atoms with Crippen LogP contribution in [0.2, 0.25) is 0 Å². The van der Waals surface area contributed by atoms with E-state index in [2.05, 4.69) is 21.9 Å². The Morgan fingerprint density at radius 3 is 3.11 bits per heavy atom. The van der Waals surface area contributed by atoms with E-state index >= 15 is 0 Å². The molecule has 1 N–H and O–H groups in total. The second-order valence-corrected chi connectivity index (χ2v) is 5.31. The maximum Gasteiger partial charge on any atom is 0.316 e. The molecule has 5 nitrogen and oxygen atoms in total. The van der Waals surface area contributed by atoms with Crippen LogP contribution < -0.4 is 0 Å². The quantitative estimate of drug-likeness (QED) is 0.845. The number of likely N-dealkylation sites (tertiary alicyclic amines) is 1. The normalized spacial score (nSPS) is 22.2. The Bertz CT molecular complexity index is 430. The molecule has 0 saturated carbocycles. The van der Waals surface area contributed by atoms with E-state index < -0.39 is 0 Å². The van der Waals surface area contributed by atoms with Crippen molar-refractivity contribution in [2.75, 3.05) is 27.2 Å². The average Bonchev–Trinajstić information content (AvgIpc) is 2.89. The van der Waals surface area contributed by atoms with Gasteiger partial charge in [0.15, 0.2) is 0 Å². The van der Waals surface area contributed by atoms with E-state index in [1.807, 2.05) is 13.1 Å². The Kier molecular flexibility index (Phi) is 4.58. The second kappa shape index (κ2) is 6.19. The van der Waals surface area contributed by atoms with Crippen LogP contribution in [0.1, 0.15) is 49.5 Å². The van der Waals surface area contributed by atoms with Gasteiger partial charge in [0.25, 0.3) is 0 Å². The third kappa shape index (κ3) is 3.15. The van der Waals surface area contributed by atoms with Crippen LogP contribution in [0, 0.1) is 0 Å². The first-order valence-electron chi connectivity index (χ1n) is 6.96. The van der Waals surface area contributed by atoms with Gasteiger partial charge in [0.2, 0.25) is 0 Å². The maximum absolute atomic E-state index is 11.7. The molecule has 2 atom stereocenters. The fourth-order valence-electron chi connectivity index (χ4n) is 2.77. The predicted octanol–water partition coefficient (Wildman–Crippen LogP) is 1.89. The number of esters is 1. The number of methoxy groups -OCH3 is 1. The molecule has 2 unspecified atom stereocenters. The fraction of sp³-hybridized carbons (Fsp3) is 0.714. The monoisotopic (exact) mass is 265 g/mol. The summed E-state index contributed by atoms with van der Waals surface area (Å²) in [6.07, 6.45) is 4.97. The zero-order valence-electron chi connectivity index (χ0n) is 12.0. The minimum atomic E-state index is -0.278. The molecule has 1 aromatic heterocycles. The van der Waals surface area contributed by atoms with Crippen LogP contribution >= 0.6 is 0 Å². The zero-order valence-corrected chi connectivity index (χ0v) is 12.0. The molecule has 1 saturated heterocycles. The second-order valence-electron chi connectivity index (χ2n) is 5.31. The number of piperidine rings is 1. The van der Waals surface area contributed by atoms with E-state index in [4.69, 9.17) is 4.74 Å². The maximum atomic E-state index is 11.7. The number of rotatable bonds is 4. The van der Waals surface area contributed by atoms with Gasteiger partial charge in [-0.2, -0.15) is 0 Å². The van der Waals surface area contributed by atoms with Gasteiger partial charge in [-0.25, -0.2) is 4.98 Å². The third-order valence-corrected chi connectivity index (χ3v) is 3.90. The number of hydrogen-bond donors (Lipinski definition) is 1. The van der Waals surface area contributed by atoms with E-state index in [0.717, 1.165) is 24.6 Å². The highest BCUT2D eigenvalue weighted by Crippen LogP contribution is 2.27. The lowest BCUT2D eigenvalue weighted by molar-refractivity contribution is -0.142. The van der Waals surface area contributed by atoms with Crippen molar-refractivity contribution >= 4 is 5.97 Å². The summed E-state index contributed by atoms with van der Waals surface area (Å²) in [7, 11) is 3.57. The minimum Gasteiger partial charge on any atom is -0.468 e. The zero-order chi connectivity index (χ0) is 13.8. The summed E-state index contributed by atoms with van der Waals surface area (Å²) in [6.45, 7) is 4.19. The number of carbonyl (C=O) groups is 1. The predicted molar refractivity (Wildman–Crippen MR) is 73.1 cm³/mol. The van der Waals surface area contributed by atoms with Crippen LogP contribution in [0.5, 0.6) is 0 Å². The molecule has 0 aromatic carbocycles. The molecule has 106 valence electrons. The molecule has 0 radical (unpaired) electrons. The Hall–Kier alpha value is -1.36. The molecule has 1 fully saturated rings. The molecule has 2 heterocycles. The molecular weight excluding hydrogens is 242 g/mol. The molecule has 1 aliphatic heterocycles. The van der Waals surface area contributed by atoms with Gasteiger partial charge in [0, 0.05) is 24.4 Å². The van der Waals surface area contributed by atoms with Crippen LogP contribution in [-0.4, -0.2) is 48.1 Å². The first-order valence-corrected chi connectivity index (χ1v) is 6.96. The summed E-state index contributed by atoms with van der Waals surface area (Å²) in [5.74, 6) is 0.733. The highest BCUT2D eigenvalue weighted by Gasteiger charge is 2.25. The van der Waals surface area contributed by atoms with Crippen LogP contribution in [0.4, 0.5) is 0 Å². The van der Waals surface area contributed by atoms with Crippen LogP contribution in [0.3, 0.4) is 0 Å². The topological polar surface area (TPSA) is 58.2 Å². The summed E-state index contributed by atoms with van der Waals surface area (Å²) in [5, 5.41) is 0. The fourth-order valence-corrected chi connectivity index (χ4v) is 2.77. The Morgan fingerprint density at radius 2 is 2.47 bits per heavy atom. The van der Waals surface area contributed by atoms with Crippen molar-refractivity contribution in [2.24, 2.45) is 0 Å². The van der Waals surface area contributed by atoms with Crippen molar-refractivity contribution in [3.63, 3.8) is 0 Å². The Balaban J connectivity index is 2.11. The summed E-state index contributed by atoms with van der Waals surface area (Å²) >= 11 is 0. The van der Waals surface area contributed by atoms with Gasteiger partial charge >= 0.3 is 5.97 Å². The number of ether oxygens (including phenoxy) is 1. The smallest absolute Gasteiger partial charge is 0.316 e. The van der Waals surface area contributed by atoms with E-state index in [1.54, 1.807) is 0 Å². The number of nitrogens with zero attached hydrogens (tertiary/aromatic N) is 2. The minimum absolute atomic E-state index is 0.218. The van der Waals surface area contributed by atoms with Crippen LogP contribution in [0.15, 0.2) is 6.20 Å². The summed E-state index contributed by atoms with van der Waals surface area (Å²) in [5.41, 5.74) is 1.14. The van der Waals surface area contributed by atoms with E-state index in [1.165, 1.54) is 20.0 Å². The number of imidazole rings is 1. The molecule has 19 heavy (non-hydrogen) atoms. The van der Waals surface area contributed by atoms with Gasteiger partial charge in [0.1, 0.15) is 11.7 Å². The lowest BCUT2D eigenvalue weighted by atomic mass is 9.96. The van der Waals surface area contributed by atoms with Crippen molar-refractivity contribution in [2.45, 2.75) is 38.0 Å². The van der Waals surface area contributed by atoms with Gasteiger partial charge in [-0.3, -0.25) is 4.79 Å². The molecule has 0 spiro atoms. The van der Waals surface area contributed by atoms with Crippen molar-refractivity contribution in [1.29, 1.82) is 0 Å². The lowest BCUT2D eigenvalue weighted by Gasteiger charge is -2.28. The van der Waals surface area contributed by atoms with E-state index in [-0.39, 0.29) is 11.9 Å². The molecule has 0 amide bonds. The number of likely N-dealkylation sites (N-methyl/N-ethyl adjacent to an activating group) is 1. The summed E-state index contributed by atoms with van der Waals surface area (Å²) in [6, 6.07) is 0. The molecule has 1 aromatic rings. The SMILES string of the molecule is CCC(C(=O)OC)c1ncc(C2CCCN(C)C2)[nH]1. The van der Waals surface area contributed by atoms with Crippen LogP contribution in [0.25, 0.3) is 0 Å². The van der Waals surface area contributed by atoms with Crippen molar-refractivity contribution in [3.05, 3.63) is 17.7 Å². The molecule has 0 aliphatic carbocycles. The summed E-state index contributed by atoms with van der Waals surface area (Å²) in [4.78, 5) is 21.7. The lowest BCUT2D eigenvalue weighted by Crippen LogP contribution is -2.31. The van der Waals surface area contributed by atoms with Gasteiger partial charge < -0.3 is 14.6 Å². The van der Waals surface area contributed by atoms with Crippen molar-refractivity contribution < 1.29 is 9.53 Å². The number of aromatic amines is 1. The van der Waals surface area contributed by atoms with E-state index in [0.29, 0.717) is 12.3 Å². The molecule has 2 rings (SSSR count). The highest BCUT2D eigenvalue weighted by atomic mass is 16.5. The summed E-state index contributed by atoms with van der Waals surface area (Å²) < 4.78 is 4.82. The average molecular weight is 265 g/mol. The largest absolute Gasteiger partial charge is 0.468 e. The van der Waals surface area contributed by atoms with Gasteiger partial charge in [0.05, 0.1) is 7.11 Å². The Morgan fingerprint density at radius 1 is 1.68 bits per heavy atom. The van der Waals surface area contributed by atoms with Gasteiger partial charge in [-0.15, -0.1) is 0 Å². The molecule has 1 aliphatic rings. The number of H-pyrrole nitrogens is 1. The van der Waals surface area contributed by atoms with Crippen molar-refractivity contribution in [1.82, 2.24) is 14.9 Å². The molecule has 5 heteroatoms.